The minimum Gasteiger partial charge on any atom is -0.488 e. The number of carbonyl (C=O) groups is 1. The first kappa shape index (κ1) is 23.8. The molecule has 0 aliphatic carbocycles. The van der Waals surface area contributed by atoms with Gasteiger partial charge in [0.1, 0.15) is 24.0 Å². The van der Waals surface area contributed by atoms with E-state index in [-0.39, 0.29) is 5.57 Å². The SMILES string of the molecule is Cc1cccc(NC(=O)/C(C#N)=C/c2c(OCc3c(C)ccc4ccccc34)ccc3ccccc23)c1. The number of nitrogens with one attached hydrogen (secondary N) is 1. The molecule has 0 aliphatic heterocycles. The zero-order valence-electron chi connectivity index (χ0n) is 20.8. The van der Waals surface area contributed by atoms with E-state index in [0.717, 1.165) is 38.2 Å². The van der Waals surface area contributed by atoms with E-state index in [9.17, 15) is 10.1 Å². The van der Waals surface area contributed by atoms with Gasteiger partial charge in [0.05, 0.1) is 0 Å². The maximum absolute atomic E-state index is 13.0. The first-order chi connectivity index (χ1) is 18.0. The maximum Gasteiger partial charge on any atom is 0.266 e. The minimum absolute atomic E-state index is 0.00375. The predicted molar refractivity (Wildman–Crippen MR) is 150 cm³/mol. The third-order valence-corrected chi connectivity index (χ3v) is 6.51. The number of fused-ring (bicyclic) bond motifs is 2. The van der Waals surface area contributed by atoms with Crippen LogP contribution in [-0.2, 0) is 11.4 Å². The van der Waals surface area contributed by atoms with E-state index < -0.39 is 5.91 Å². The first-order valence-corrected chi connectivity index (χ1v) is 12.1. The minimum atomic E-state index is -0.461. The third-order valence-electron chi connectivity index (χ3n) is 6.51. The highest BCUT2D eigenvalue weighted by atomic mass is 16.5. The van der Waals surface area contributed by atoms with Gasteiger partial charge in [0, 0.05) is 16.8 Å². The summed E-state index contributed by atoms with van der Waals surface area (Å²) in [5.74, 6) is 0.152. The fourth-order valence-electron chi connectivity index (χ4n) is 4.55. The molecule has 0 radical (unpaired) electrons. The standard InChI is InChI=1S/C33H26N2O2/c1-22-8-7-11-27(18-22)35-33(36)26(20-34)19-30-28-12-5-3-10-25(28)16-17-32(30)37-21-31-23(2)14-15-24-9-4-6-13-29(24)31/h3-19H,21H2,1-2H3,(H,35,36)/b26-19+. The van der Waals surface area contributed by atoms with Gasteiger partial charge in [-0.05, 0) is 70.8 Å². The number of benzene rings is 5. The van der Waals surface area contributed by atoms with Crippen LogP contribution in [0.1, 0.15) is 22.3 Å². The van der Waals surface area contributed by atoms with Gasteiger partial charge in [-0.1, -0.05) is 78.9 Å². The van der Waals surface area contributed by atoms with Gasteiger partial charge < -0.3 is 10.1 Å². The highest BCUT2D eigenvalue weighted by Gasteiger charge is 2.15. The zero-order chi connectivity index (χ0) is 25.8. The van der Waals surface area contributed by atoms with Gasteiger partial charge in [-0.3, -0.25) is 4.79 Å². The van der Waals surface area contributed by atoms with Crippen molar-refractivity contribution in [1.82, 2.24) is 0 Å². The largest absolute Gasteiger partial charge is 0.488 e. The van der Waals surface area contributed by atoms with Gasteiger partial charge in [-0.25, -0.2) is 0 Å². The van der Waals surface area contributed by atoms with E-state index in [4.69, 9.17) is 4.74 Å². The lowest BCUT2D eigenvalue weighted by atomic mass is 9.99. The van der Waals surface area contributed by atoms with Crippen molar-refractivity contribution in [2.45, 2.75) is 20.5 Å². The monoisotopic (exact) mass is 482 g/mol. The second kappa shape index (κ2) is 10.4. The number of amides is 1. The molecule has 180 valence electrons. The molecule has 0 aliphatic rings. The lowest BCUT2D eigenvalue weighted by Crippen LogP contribution is -2.13. The molecule has 5 aromatic rings. The molecule has 4 nitrogen and oxygen atoms in total. The summed E-state index contributed by atoms with van der Waals surface area (Å²) < 4.78 is 6.39. The molecular formula is C33H26N2O2. The van der Waals surface area contributed by atoms with E-state index in [2.05, 4.69) is 42.6 Å². The Morgan fingerprint density at radius 2 is 1.57 bits per heavy atom. The molecule has 0 aromatic heterocycles. The topological polar surface area (TPSA) is 62.1 Å². The molecule has 0 bridgehead atoms. The molecule has 0 unspecified atom stereocenters. The first-order valence-electron chi connectivity index (χ1n) is 12.1. The summed E-state index contributed by atoms with van der Waals surface area (Å²) in [5, 5.41) is 16.9. The van der Waals surface area contributed by atoms with Crippen LogP contribution in [0.5, 0.6) is 5.75 Å². The summed E-state index contributed by atoms with van der Waals surface area (Å²) in [6, 6.07) is 33.8. The van der Waals surface area contributed by atoms with E-state index in [1.54, 1.807) is 12.1 Å². The Bertz CT molecular complexity index is 1710. The number of rotatable bonds is 6. The normalized spacial score (nSPS) is 11.3. The molecule has 5 aromatic carbocycles. The van der Waals surface area contributed by atoms with Gasteiger partial charge in [0.2, 0.25) is 0 Å². The van der Waals surface area contributed by atoms with E-state index in [1.165, 1.54) is 0 Å². The van der Waals surface area contributed by atoms with E-state index in [1.807, 2.05) is 73.7 Å². The summed E-state index contributed by atoms with van der Waals surface area (Å²) in [6.45, 7) is 4.40. The number of ether oxygens (including phenoxy) is 1. The van der Waals surface area contributed by atoms with Crippen LogP contribution in [0.25, 0.3) is 27.6 Å². The van der Waals surface area contributed by atoms with Crippen LogP contribution in [0, 0.1) is 25.2 Å². The predicted octanol–water partition coefficient (Wildman–Crippen LogP) is 7.73. The van der Waals surface area contributed by atoms with Gasteiger partial charge in [-0.15, -0.1) is 0 Å². The Morgan fingerprint density at radius 1 is 0.865 bits per heavy atom. The lowest BCUT2D eigenvalue weighted by Gasteiger charge is -2.15. The van der Waals surface area contributed by atoms with Crippen LogP contribution in [0.15, 0.2) is 103 Å². The van der Waals surface area contributed by atoms with Crippen molar-refractivity contribution in [2.75, 3.05) is 5.32 Å². The van der Waals surface area contributed by atoms with Gasteiger partial charge in [0.25, 0.3) is 5.91 Å². The van der Waals surface area contributed by atoms with Crippen molar-refractivity contribution in [1.29, 1.82) is 5.26 Å². The number of carbonyl (C=O) groups excluding carboxylic acids is 1. The van der Waals surface area contributed by atoms with Crippen molar-refractivity contribution in [3.63, 3.8) is 0 Å². The van der Waals surface area contributed by atoms with Crippen LogP contribution >= 0.6 is 0 Å². The van der Waals surface area contributed by atoms with Crippen molar-refractivity contribution in [3.05, 3.63) is 125 Å². The Kier molecular flexibility index (Phi) is 6.70. The van der Waals surface area contributed by atoms with E-state index in [0.29, 0.717) is 23.6 Å². The number of hydrogen-bond acceptors (Lipinski definition) is 3. The van der Waals surface area contributed by atoms with Crippen molar-refractivity contribution in [3.8, 4) is 11.8 Å². The van der Waals surface area contributed by atoms with Gasteiger partial charge >= 0.3 is 0 Å². The molecule has 0 fully saturated rings. The van der Waals surface area contributed by atoms with E-state index >= 15 is 0 Å². The zero-order valence-corrected chi connectivity index (χ0v) is 20.8. The maximum atomic E-state index is 13.0. The molecule has 37 heavy (non-hydrogen) atoms. The quantitative estimate of drug-likeness (QED) is 0.199. The highest BCUT2D eigenvalue weighted by Crippen LogP contribution is 2.32. The smallest absolute Gasteiger partial charge is 0.266 e. The van der Waals surface area contributed by atoms with Gasteiger partial charge in [0.15, 0.2) is 0 Å². The summed E-state index contributed by atoms with van der Waals surface area (Å²) in [7, 11) is 0. The Balaban J connectivity index is 1.53. The third kappa shape index (κ3) is 5.07. The molecule has 0 saturated heterocycles. The highest BCUT2D eigenvalue weighted by molar-refractivity contribution is 6.11. The average molecular weight is 483 g/mol. The number of anilines is 1. The summed E-state index contributed by atoms with van der Waals surface area (Å²) in [6.07, 6.45) is 1.62. The van der Waals surface area contributed by atoms with Crippen LogP contribution in [-0.4, -0.2) is 5.91 Å². The molecule has 0 atom stereocenters. The number of hydrogen-bond donors (Lipinski definition) is 1. The number of aryl methyl sites for hydroxylation is 2. The van der Waals surface area contributed by atoms with Crippen molar-refractivity contribution >= 4 is 39.2 Å². The van der Waals surface area contributed by atoms with Crippen LogP contribution in [0.4, 0.5) is 5.69 Å². The van der Waals surface area contributed by atoms with Gasteiger partial charge in [-0.2, -0.15) is 5.26 Å². The molecule has 0 heterocycles. The van der Waals surface area contributed by atoms with Crippen LogP contribution < -0.4 is 10.1 Å². The van der Waals surface area contributed by atoms with Crippen LogP contribution in [0.2, 0.25) is 0 Å². The second-order valence-electron chi connectivity index (χ2n) is 9.06. The molecule has 4 heteroatoms. The molecule has 0 saturated carbocycles. The lowest BCUT2D eigenvalue weighted by molar-refractivity contribution is -0.112. The number of nitriles is 1. The summed E-state index contributed by atoms with van der Waals surface area (Å²) >= 11 is 0. The number of nitrogens with zero attached hydrogens (tertiary/aromatic N) is 1. The molecule has 5 rings (SSSR count). The fraction of sp³-hybridized carbons (Fsp3) is 0.0909. The van der Waals surface area contributed by atoms with Crippen molar-refractivity contribution < 1.29 is 9.53 Å². The Hall–Kier alpha value is -4.88. The molecular weight excluding hydrogens is 456 g/mol. The molecule has 1 N–H and O–H groups in total. The van der Waals surface area contributed by atoms with Crippen LogP contribution in [0.3, 0.4) is 0 Å². The Morgan fingerprint density at radius 3 is 2.32 bits per heavy atom. The summed E-state index contributed by atoms with van der Waals surface area (Å²) in [4.78, 5) is 13.0. The molecule has 1 amide bonds. The molecule has 0 spiro atoms. The van der Waals surface area contributed by atoms with Crippen molar-refractivity contribution in [2.24, 2.45) is 0 Å². The Labute approximate surface area is 216 Å². The summed E-state index contributed by atoms with van der Waals surface area (Å²) in [5.41, 5.74) is 4.63. The second-order valence-corrected chi connectivity index (χ2v) is 9.06. The average Bonchev–Trinajstić information content (AvgIpc) is 2.91. The fourth-order valence-corrected chi connectivity index (χ4v) is 4.55.